The van der Waals surface area contributed by atoms with E-state index in [1.54, 1.807) is 0 Å². The Morgan fingerprint density at radius 1 is 1.45 bits per heavy atom. The molecule has 0 saturated heterocycles. The molecule has 0 N–H and O–H groups in total. The van der Waals surface area contributed by atoms with Gasteiger partial charge in [-0.1, -0.05) is 20.8 Å². The van der Waals surface area contributed by atoms with Gasteiger partial charge in [0, 0.05) is 12.8 Å². The largest absolute Gasteiger partial charge is 0.300 e. The van der Waals surface area contributed by atoms with E-state index in [4.69, 9.17) is 0 Å². The van der Waals surface area contributed by atoms with Crippen LogP contribution in [0.15, 0.2) is 0 Å². The van der Waals surface area contributed by atoms with Crippen LogP contribution in [0.25, 0.3) is 0 Å². The maximum Gasteiger partial charge on any atom is 0.133 e. The Balaban J connectivity index is 2.60. The molecule has 0 aliphatic heterocycles. The maximum atomic E-state index is 11.2. The van der Waals surface area contributed by atoms with Crippen LogP contribution in [0.3, 0.4) is 0 Å². The van der Waals surface area contributed by atoms with E-state index in [0.29, 0.717) is 17.1 Å². The fraction of sp³-hybridized carbons (Fsp3) is 0.900. The third-order valence-electron chi connectivity index (χ3n) is 2.56. The number of hydrogen-bond acceptors (Lipinski definition) is 1. The Kier molecular flexibility index (Phi) is 2.36. The van der Waals surface area contributed by atoms with Crippen molar-refractivity contribution in [3.63, 3.8) is 0 Å². The minimum Gasteiger partial charge on any atom is -0.300 e. The van der Waals surface area contributed by atoms with E-state index in [9.17, 15) is 4.79 Å². The van der Waals surface area contributed by atoms with Gasteiger partial charge in [-0.05, 0) is 24.2 Å². The molecule has 1 aliphatic rings. The Morgan fingerprint density at radius 2 is 2.09 bits per heavy atom. The maximum absolute atomic E-state index is 11.2. The minimum atomic E-state index is 0.394. The summed E-state index contributed by atoms with van der Waals surface area (Å²) in [5.41, 5.74) is 0.394. The quantitative estimate of drug-likeness (QED) is 0.490. The van der Waals surface area contributed by atoms with Crippen LogP contribution in [-0.4, -0.2) is 5.78 Å². The summed E-state index contributed by atoms with van der Waals surface area (Å²) >= 11 is 0. The van der Waals surface area contributed by atoms with Crippen LogP contribution in [0.4, 0.5) is 0 Å². The fourth-order valence-electron chi connectivity index (χ4n) is 2.09. The Morgan fingerprint density at radius 3 is 2.73 bits per heavy atom. The zero-order valence-corrected chi connectivity index (χ0v) is 7.81. The third-order valence-corrected chi connectivity index (χ3v) is 2.56. The summed E-state index contributed by atoms with van der Waals surface area (Å²) < 4.78 is 0. The van der Waals surface area contributed by atoms with Crippen molar-refractivity contribution in [3.05, 3.63) is 0 Å². The van der Waals surface area contributed by atoms with Gasteiger partial charge in [-0.2, -0.15) is 0 Å². The van der Waals surface area contributed by atoms with Gasteiger partial charge in [-0.15, -0.1) is 0 Å². The van der Waals surface area contributed by atoms with Gasteiger partial charge in [-0.3, -0.25) is 4.79 Å². The van der Waals surface area contributed by atoms with Gasteiger partial charge in [-0.25, -0.2) is 0 Å². The van der Waals surface area contributed by atoms with Gasteiger partial charge in [0.25, 0.3) is 0 Å². The molecule has 0 spiro atoms. The highest BCUT2D eigenvalue weighted by molar-refractivity contribution is 5.78. The molecule has 0 heterocycles. The lowest BCUT2D eigenvalue weighted by Gasteiger charge is -2.23. The molecule has 1 heteroatoms. The summed E-state index contributed by atoms with van der Waals surface area (Å²) in [6.07, 6.45) is 3.90. The van der Waals surface area contributed by atoms with Crippen LogP contribution < -0.4 is 0 Å². The molecule has 0 aromatic rings. The molecule has 1 unspecified atom stereocenters. The summed E-state index contributed by atoms with van der Waals surface area (Å²) in [5, 5.41) is 0. The van der Waals surface area contributed by atoms with Crippen molar-refractivity contribution in [3.8, 4) is 0 Å². The molecule has 1 nitrogen and oxygen atoms in total. The van der Waals surface area contributed by atoms with Crippen molar-refractivity contribution in [2.75, 3.05) is 0 Å². The molecule has 0 radical (unpaired) electrons. The topological polar surface area (TPSA) is 17.1 Å². The first-order valence-corrected chi connectivity index (χ1v) is 4.51. The van der Waals surface area contributed by atoms with Crippen molar-refractivity contribution in [1.82, 2.24) is 0 Å². The van der Waals surface area contributed by atoms with Crippen LogP contribution in [0.2, 0.25) is 0 Å². The Bertz CT molecular complexity index is 158. The highest BCUT2D eigenvalue weighted by Crippen LogP contribution is 2.35. The predicted molar refractivity (Wildman–Crippen MR) is 46.4 cm³/mol. The molecule has 1 fully saturated rings. The fourth-order valence-corrected chi connectivity index (χ4v) is 2.09. The minimum absolute atomic E-state index is 0.394. The molecular formula is C10H18O. The number of rotatable bonds is 0. The Hall–Kier alpha value is -0.330. The van der Waals surface area contributed by atoms with Crippen molar-refractivity contribution in [1.29, 1.82) is 0 Å². The monoisotopic (exact) mass is 154 g/mol. The molecule has 0 aromatic heterocycles. The van der Waals surface area contributed by atoms with Crippen LogP contribution in [0, 0.1) is 11.3 Å². The first-order chi connectivity index (χ1) is 4.99. The molecule has 0 bridgehead atoms. The molecule has 0 aromatic carbocycles. The second-order valence-electron chi connectivity index (χ2n) is 4.72. The first kappa shape index (κ1) is 8.76. The summed E-state index contributed by atoms with van der Waals surface area (Å²) in [6.45, 7) is 6.72. The number of hydrogen-bond donors (Lipinski definition) is 0. The highest BCUT2D eigenvalue weighted by atomic mass is 16.1. The highest BCUT2D eigenvalue weighted by Gasteiger charge is 2.26. The second kappa shape index (κ2) is 2.96. The van der Waals surface area contributed by atoms with Gasteiger partial charge >= 0.3 is 0 Å². The molecule has 0 amide bonds. The molecule has 1 rings (SSSR count). The van der Waals surface area contributed by atoms with Crippen LogP contribution >= 0.6 is 0 Å². The van der Waals surface area contributed by atoms with E-state index in [2.05, 4.69) is 20.8 Å². The molecule has 1 saturated carbocycles. The SMILES string of the molecule is CC1CC(=O)CCC(C)(C)C1. The summed E-state index contributed by atoms with van der Waals surface area (Å²) in [5.74, 6) is 1.06. The van der Waals surface area contributed by atoms with Crippen LogP contribution in [0.1, 0.15) is 46.5 Å². The lowest BCUT2D eigenvalue weighted by Crippen LogP contribution is -2.12. The number of Topliss-reactive ketones (excluding diaryl/α,β-unsaturated/α-hetero) is 1. The van der Waals surface area contributed by atoms with Crippen molar-refractivity contribution in [2.45, 2.75) is 46.5 Å². The van der Waals surface area contributed by atoms with Gasteiger partial charge in [0.15, 0.2) is 0 Å². The van der Waals surface area contributed by atoms with E-state index in [1.807, 2.05) is 0 Å². The van der Waals surface area contributed by atoms with E-state index < -0.39 is 0 Å². The van der Waals surface area contributed by atoms with E-state index in [0.717, 1.165) is 19.3 Å². The standard InChI is InChI=1S/C10H18O/c1-8-6-9(11)4-5-10(2,3)7-8/h8H,4-7H2,1-3H3. The zero-order valence-electron chi connectivity index (χ0n) is 7.81. The number of carbonyl (C=O) groups excluding carboxylic acids is 1. The van der Waals surface area contributed by atoms with Gasteiger partial charge in [0.2, 0.25) is 0 Å². The Labute approximate surface area is 69.2 Å². The molecular weight excluding hydrogens is 136 g/mol. The summed E-state index contributed by atoms with van der Waals surface area (Å²) in [6, 6.07) is 0. The van der Waals surface area contributed by atoms with Gasteiger partial charge < -0.3 is 0 Å². The van der Waals surface area contributed by atoms with Crippen LogP contribution in [0.5, 0.6) is 0 Å². The smallest absolute Gasteiger partial charge is 0.133 e. The second-order valence-corrected chi connectivity index (χ2v) is 4.72. The average Bonchev–Trinajstić information content (AvgIpc) is 1.90. The molecule has 11 heavy (non-hydrogen) atoms. The zero-order chi connectivity index (χ0) is 8.48. The van der Waals surface area contributed by atoms with Crippen molar-refractivity contribution in [2.24, 2.45) is 11.3 Å². The molecule has 1 aliphatic carbocycles. The van der Waals surface area contributed by atoms with E-state index >= 15 is 0 Å². The van der Waals surface area contributed by atoms with Crippen molar-refractivity contribution < 1.29 is 4.79 Å². The number of carbonyl (C=O) groups is 1. The lowest BCUT2D eigenvalue weighted by atomic mass is 9.82. The lowest BCUT2D eigenvalue weighted by molar-refractivity contribution is -0.119. The summed E-state index contributed by atoms with van der Waals surface area (Å²) in [7, 11) is 0. The van der Waals surface area contributed by atoms with Crippen LogP contribution in [-0.2, 0) is 4.79 Å². The average molecular weight is 154 g/mol. The molecule has 1 atom stereocenters. The predicted octanol–water partition coefficient (Wildman–Crippen LogP) is 2.79. The third kappa shape index (κ3) is 2.64. The van der Waals surface area contributed by atoms with Crippen molar-refractivity contribution >= 4 is 5.78 Å². The van der Waals surface area contributed by atoms with Gasteiger partial charge in [0.1, 0.15) is 5.78 Å². The molecule has 64 valence electrons. The van der Waals surface area contributed by atoms with E-state index in [1.165, 1.54) is 6.42 Å². The van der Waals surface area contributed by atoms with Gasteiger partial charge in [0.05, 0.1) is 0 Å². The summed E-state index contributed by atoms with van der Waals surface area (Å²) in [4.78, 5) is 11.2. The van der Waals surface area contributed by atoms with E-state index in [-0.39, 0.29) is 0 Å². The first-order valence-electron chi connectivity index (χ1n) is 4.51. The number of ketones is 1. The normalized spacial score (nSPS) is 31.5.